The SMILES string of the molecule is CCCN(CC)CCNc1cnn(CC)c(=O)c1Cl. The van der Waals surface area contributed by atoms with Crippen LogP contribution < -0.4 is 10.9 Å². The number of anilines is 1. The maximum Gasteiger partial charge on any atom is 0.287 e. The zero-order valence-corrected chi connectivity index (χ0v) is 12.7. The van der Waals surface area contributed by atoms with Crippen molar-refractivity contribution in [3.63, 3.8) is 0 Å². The second kappa shape index (κ2) is 8.17. The van der Waals surface area contributed by atoms with E-state index in [1.807, 2.05) is 6.92 Å². The Morgan fingerprint density at radius 3 is 2.68 bits per heavy atom. The molecule has 1 aromatic heterocycles. The first kappa shape index (κ1) is 16.0. The Balaban J connectivity index is 2.59. The van der Waals surface area contributed by atoms with Gasteiger partial charge in [0.2, 0.25) is 0 Å². The van der Waals surface area contributed by atoms with E-state index in [0.29, 0.717) is 12.2 Å². The summed E-state index contributed by atoms with van der Waals surface area (Å²) in [4.78, 5) is 14.1. The number of hydrogen-bond donors (Lipinski definition) is 1. The van der Waals surface area contributed by atoms with Crippen LogP contribution in [0.2, 0.25) is 5.02 Å². The van der Waals surface area contributed by atoms with Crippen molar-refractivity contribution in [2.45, 2.75) is 33.7 Å². The second-order valence-corrected chi connectivity index (χ2v) is 4.73. The van der Waals surface area contributed by atoms with E-state index in [1.54, 1.807) is 6.20 Å². The van der Waals surface area contributed by atoms with Gasteiger partial charge in [0.15, 0.2) is 0 Å². The molecule has 1 N–H and O–H groups in total. The van der Waals surface area contributed by atoms with Crippen LogP contribution in [0.15, 0.2) is 11.0 Å². The van der Waals surface area contributed by atoms with Gasteiger partial charge in [0, 0.05) is 19.6 Å². The van der Waals surface area contributed by atoms with Crippen molar-refractivity contribution in [2.24, 2.45) is 0 Å². The molecule has 0 saturated carbocycles. The number of halogens is 1. The maximum absolute atomic E-state index is 11.8. The fraction of sp³-hybridized carbons (Fsp3) is 0.692. The first-order valence-corrected chi connectivity index (χ1v) is 7.23. The number of hydrogen-bond acceptors (Lipinski definition) is 4. The quantitative estimate of drug-likeness (QED) is 0.795. The molecule has 19 heavy (non-hydrogen) atoms. The summed E-state index contributed by atoms with van der Waals surface area (Å²) < 4.78 is 1.35. The van der Waals surface area contributed by atoms with E-state index in [9.17, 15) is 4.79 Å². The molecule has 0 spiro atoms. The van der Waals surface area contributed by atoms with Gasteiger partial charge in [0.1, 0.15) is 5.02 Å². The molecule has 1 rings (SSSR count). The lowest BCUT2D eigenvalue weighted by Gasteiger charge is -2.20. The molecule has 0 unspecified atom stereocenters. The number of aryl methyl sites for hydroxylation is 1. The van der Waals surface area contributed by atoms with E-state index in [0.717, 1.165) is 32.6 Å². The van der Waals surface area contributed by atoms with Gasteiger partial charge in [0.25, 0.3) is 5.56 Å². The van der Waals surface area contributed by atoms with Crippen LogP contribution in [0, 0.1) is 0 Å². The van der Waals surface area contributed by atoms with Crippen LogP contribution in [0.1, 0.15) is 27.2 Å². The van der Waals surface area contributed by atoms with Crippen LogP contribution in [0.5, 0.6) is 0 Å². The smallest absolute Gasteiger partial charge is 0.287 e. The third-order valence-electron chi connectivity index (χ3n) is 3.01. The molecule has 0 aliphatic heterocycles. The highest BCUT2D eigenvalue weighted by Crippen LogP contribution is 2.14. The lowest BCUT2D eigenvalue weighted by atomic mass is 10.4. The highest BCUT2D eigenvalue weighted by molar-refractivity contribution is 6.32. The molecule has 0 aliphatic carbocycles. The Morgan fingerprint density at radius 2 is 2.11 bits per heavy atom. The Kier molecular flexibility index (Phi) is 6.87. The Morgan fingerprint density at radius 1 is 1.37 bits per heavy atom. The van der Waals surface area contributed by atoms with Gasteiger partial charge in [-0.1, -0.05) is 25.4 Å². The highest BCUT2D eigenvalue weighted by atomic mass is 35.5. The Labute approximate surface area is 119 Å². The molecular formula is C13H23ClN4O. The summed E-state index contributed by atoms with van der Waals surface area (Å²) in [5, 5.41) is 7.45. The van der Waals surface area contributed by atoms with Gasteiger partial charge in [-0.05, 0) is 26.4 Å². The fourth-order valence-corrected chi connectivity index (χ4v) is 2.12. The molecule has 0 radical (unpaired) electrons. The van der Waals surface area contributed by atoms with Crippen molar-refractivity contribution >= 4 is 17.3 Å². The summed E-state index contributed by atoms with van der Waals surface area (Å²) in [6, 6.07) is 0. The minimum Gasteiger partial charge on any atom is -0.381 e. The molecule has 0 atom stereocenters. The van der Waals surface area contributed by atoms with Crippen molar-refractivity contribution in [1.82, 2.24) is 14.7 Å². The van der Waals surface area contributed by atoms with Crippen LogP contribution >= 0.6 is 11.6 Å². The van der Waals surface area contributed by atoms with E-state index in [4.69, 9.17) is 11.6 Å². The molecule has 0 saturated heterocycles. The van der Waals surface area contributed by atoms with Gasteiger partial charge in [0.05, 0.1) is 11.9 Å². The number of nitrogens with one attached hydrogen (secondary N) is 1. The summed E-state index contributed by atoms with van der Waals surface area (Å²) in [5.74, 6) is 0. The number of aromatic nitrogens is 2. The van der Waals surface area contributed by atoms with E-state index >= 15 is 0 Å². The van der Waals surface area contributed by atoms with E-state index in [1.165, 1.54) is 4.68 Å². The van der Waals surface area contributed by atoms with E-state index in [2.05, 4.69) is 29.2 Å². The van der Waals surface area contributed by atoms with E-state index < -0.39 is 0 Å². The average molecular weight is 287 g/mol. The van der Waals surface area contributed by atoms with Crippen molar-refractivity contribution in [2.75, 3.05) is 31.5 Å². The van der Waals surface area contributed by atoms with Crippen molar-refractivity contribution in [1.29, 1.82) is 0 Å². The third kappa shape index (κ3) is 4.51. The first-order valence-electron chi connectivity index (χ1n) is 6.85. The monoisotopic (exact) mass is 286 g/mol. The van der Waals surface area contributed by atoms with E-state index in [-0.39, 0.29) is 10.6 Å². The second-order valence-electron chi connectivity index (χ2n) is 4.35. The van der Waals surface area contributed by atoms with Crippen molar-refractivity contribution in [3.8, 4) is 0 Å². The summed E-state index contributed by atoms with van der Waals surface area (Å²) in [7, 11) is 0. The molecular weight excluding hydrogens is 264 g/mol. The van der Waals surface area contributed by atoms with Crippen LogP contribution in [0.4, 0.5) is 5.69 Å². The molecule has 5 nitrogen and oxygen atoms in total. The molecule has 0 bridgehead atoms. The minimum absolute atomic E-state index is 0.218. The van der Waals surface area contributed by atoms with Crippen LogP contribution in [0.3, 0.4) is 0 Å². The fourth-order valence-electron chi connectivity index (χ4n) is 1.91. The Hall–Kier alpha value is -1.07. The van der Waals surface area contributed by atoms with Gasteiger partial charge < -0.3 is 10.2 Å². The van der Waals surface area contributed by atoms with Gasteiger partial charge in [-0.3, -0.25) is 4.79 Å². The molecule has 0 aliphatic rings. The molecule has 0 aromatic carbocycles. The summed E-state index contributed by atoms with van der Waals surface area (Å²) in [6.07, 6.45) is 2.76. The predicted molar refractivity (Wildman–Crippen MR) is 80.1 cm³/mol. The number of likely N-dealkylation sites (N-methyl/N-ethyl adjacent to an activating group) is 1. The van der Waals surface area contributed by atoms with Gasteiger partial charge >= 0.3 is 0 Å². The van der Waals surface area contributed by atoms with Crippen LogP contribution in [-0.2, 0) is 6.54 Å². The minimum atomic E-state index is -0.241. The largest absolute Gasteiger partial charge is 0.381 e. The van der Waals surface area contributed by atoms with Gasteiger partial charge in [-0.15, -0.1) is 0 Å². The predicted octanol–water partition coefficient (Wildman–Crippen LogP) is 2.06. The molecule has 1 aromatic rings. The zero-order valence-electron chi connectivity index (χ0n) is 11.9. The lowest BCUT2D eigenvalue weighted by molar-refractivity contribution is 0.300. The summed E-state index contributed by atoms with van der Waals surface area (Å²) >= 11 is 6.04. The summed E-state index contributed by atoms with van der Waals surface area (Å²) in [5.41, 5.74) is 0.374. The normalized spacial score (nSPS) is 11.0. The number of nitrogens with zero attached hydrogens (tertiary/aromatic N) is 3. The third-order valence-corrected chi connectivity index (χ3v) is 3.38. The molecule has 0 fully saturated rings. The first-order chi connectivity index (χ1) is 9.13. The van der Waals surface area contributed by atoms with Crippen LogP contribution in [0.25, 0.3) is 0 Å². The van der Waals surface area contributed by atoms with Gasteiger partial charge in [-0.25, -0.2) is 4.68 Å². The van der Waals surface area contributed by atoms with Crippen molar-refractivity contribution < 1.29 is 0 Å². The van der Waals surface area contributed by atoms with Crippen LogP contribution in [-0.4, -0.2) is 40.9 Å². The average Bonchev–Trinajstić information content (AvgIpc) is 2.42. The summed E-state index contributed by atoms with van der Waals surface area (Å²) in [6.45, 7) is 10.5. The topological polar surface area (TPSA) is 50.2 Å². The zero-order chi connectivity index (χ0) is 14.3. The van der Waals surface area contributed by atoms with Crippen molar-refractivity contribution in [3.05, 3.63) is 21.6 Å². The highest BCUT2D eigenvalue weighted by Gasteiger charge is 2.08. The Bertz CT molecular complexity index is 447. The standard InChI is InChI=1S/C13H23ClN4O/c1-4-8-17(5-2)9-7-15-11-10-16-18(6-3)13(19)12(11)14/h10,15H,4-9H2,1-3H3. The lowest BCUT2D eigenvalue weighted by Crippen LogP contribution is -2.30. The molecule has 0 amide bonds. The molecule has 108 valence electrons. The number of rotatable bonds is 8. The molecule has 1 heterocycles. The maximum atomic E-state index is 11.8. The molecule has 6 heteroatoms. The van der Waals surface area contributed by atoms with Gasteiger partial charge in [-0.2, -0.15) is 5.10 Å².